The van der Waals surface area contributed by atoms with Crippen molar-refractivity contribution >= 4 is 0 Å². The summed E-state index contributed by atoms with van der Waals surface area (Å²) in [6.45, 7) is 1.83. The average Bonchev–Trinajstić information content (AvgIpc) is 2.34. The summed E-state index contributed by atoms with van der Waals surface area (Å²) < 4.78 is 25.8. The zero-order valence-electron chi connectivity index (χ0n) is 9.90. The van der Waals surface area contributed by atoms with Gasteiger partial charge in [-0.05, 0) is 31.0 Å². The van der Waals surface area contributed by atoms with Gasteiger partial charge in [0.2, 0.25) is 0 Å². The summed E-state index contributed by atoms with van der Waals surface area (Å²) in [7, 11) is 0. The van der Waals surface area contributed by atoms with Gasteiger partial charge in [-0.2, -0.15) is 0 Å². The summed E-state index contributed by atoms with van der Waals surface area (Å²) in [4.78, 5) is 8.26. The van der Waals surface area contributed by atoms with E-state index in [2.05, 4.69) is 9.97 Å². The van der Waals surface area contributed by atoms with Crippen molar-refractivity contribution in [1.82, 2.24) is 9.97 Å². The van der Waals surface area contributed by atoms with E-state index in [9.17, 15) is 8.78 Å². The van der Waals surface area contributed by atoms with E-state index in [1.165, 1.54) is 6.07 Å². The lowest BCUT2D eigenvalue weighted by Crippen LogP contribution is -2.15. The Morgan fingerprint density at radius 3 is 2.56 bits per heavy atom. The van der Waals surface area contributed by atoms with Crippen LogP contribution in [0.3, 0.4) is 0 Å². The molecule has 2 N–H and O–H groups in total. The Hall–Kier alpha value is -1.88. The van der Waals surface area contributed by atoms with Crippen molar-refractivity contribution < 1.29 is 8.78 Å². The molecule has 2 aromatic rings. The van der Waals surface area contributed by atoms with Crippen LogP contribution in [0.25, 0.3) is 0 Å². The zero-order chi connectivity index (χ0) is 13.1. The molecular formula is C13H13F2N3. The lowest BCUT2D eigenvalue weighted by Gasteiger charge is -2.11. The van der Waals surface area contributed by atoms with E-state index in [4.69, 9.17) is 5.73 Å². The molecule has 94 valence electrons. The third kappa shape index (κ3) is 2.87. The third-order valence-corrected chi connectivity index (χ3v) is 2.62. The Morgan fingerprint density at radius 2 is 1.94 bits per heavy atom. The van der Waals surface area contributed by atoms with Crippen LogP contribution in [-0.2, 0) is 6.42 Å². The van der Waals surface area contributed by atoms with Gasteiger partial charge in [0.05, 0.1) is 23.6 Å². The van der Waals surface area contributed by atoms with Gasteiger partial charge in [-0.15, -0.1) is 0 Å². The Bertz CT molecular complexity index is 540. The van der Waals surface area contributed by atoms with Crippen molar-refractivity contribution in [3.05, 3.63) is 59.2 Å². The highest BCUT2D eigenvalue weighted by Gasteiger charge is 2.10. The maximum Gasteiger partial charge on any atom is 0.159 e. The predicted octanol–water partition coefficient (Wildman–Crippen LogP) is 2.31. The Labute approximate surface area is 104 Å². The van der Waals surface area contributed by atoms with E-state index < -0.39 is 11.6 Å². The maximum atomic E-state index is 13.0. The second-order valence-corrected chi connectivity index (χ2v) is 4.14. The lowest BCUT2D eigenvalue weighted by atomic mass is 10.0. The highest BCUT2D eigenvalue weighted by Crippen LogP contribution is 2.15. The predicted molar refractivity (Wildman–Crippen MR) is 63.8 cm³/mol. The SMILES string of the molecule is Cc1cnc(C(N)Cc2ccc(F)c(F)c2)cn1. The first kappa shape index (κ1) is 12.6. The fourth-order valence-corrected chi connectivity index (χ4v) is 1.62. The van der Waals surface area contributed by atoms with Gasteiger partial charge in [-0.3, -0.25) is 9.97 Å². The van der Waals surface area contributed by atoms with Gasteiger partial charge in [0.25, 0.3) is 0 Å². The topological polar surface area (TPSA) is 51.8 Å². The molecule has 0 saturated carbocycles. The van der Waals surface area contributed by atoms with Crippen LogP contribution in [0, 0.1) is 18.6 Å². The van der Waals surface area contributed by atoms with E-state index in [1.54, 1.807) is 12.4 Å². The molecular weight excluding hydrogens is 236 g/mol. The van der Waals surface area contributed by atoms with Gasteiger partial charge in [0.15, 0.2) is 11.6 Å². The van der Waals surface area contributed by atoms with Crippen LogP contribution in [0.15, 0.2) is 30.6 Å². The monoisotopic (exact) mass is 249 g/mol. The summed E-state index contributed by atoms with van der Waals surface area (Å²) in [5.74, 6) is -1.72. The second-order valence-electron chi connectivity index (χ2n) is 4.14. The van der Waals surface area contributed by atoms with Gasteiger partial charge < -0.3 is 5.73 Å². The van der Waals surface area contributed by atoms with Gasteiger partial charge in [-0.25, -0.2) is 8.78 Å². The van der Waals surface area contributed by atoms with E-state index in [0.717, 1.165) is 17.8 Å². The molecule has 0 aliphatic rings. The molecule has 2 rings (SSSR count). The zero-order valence-corrected chi connectivity index (χ0v) is 9.90. The van der Waals surface area contributed by atoms with Crippen LogP contribution >= 0.6 is 0 Å². The molecule has 1 atom stereocenters. The number of aromatic nitrogens is 2. The summed E-state index contributed by atoms with van der Waals surface area (Å²) >= 11 is 0. The number of benzene rings is 1. The fourth-order valence-electron chi connectivity index (χ4n) is 1.62. The van der Waals surface area contributed by atoms with E-state index in [0.29, 0.717) is 17.7 Å². The van der Waals surface area contributed by atoms with Crippen LogP contribution in [0.5, 0.6) is 0 Å². The van der Waals surface area contributed by atoms with Crippen molar-refractivity contribution in [3.8, 4) is 0 Å². The van der Waals surface area contributed by atoms with Crippen LogP contribution < -0.4 is 5.73 Å². The Morgan fingerprint density at radius 1 is 1.17 bits per heavy atom. The quantitative estimate of drug-likeness (QED) is 0.908. The number of hydrogen-bond donors (Lipinski definition) is 1. The highest BCUT2D eigenvalue weighted by molar-refractivity contribution is 5.20. The van der Waals surface area contributed by atoms with Gasteiger partial charge in [0, 0.05) is 6.20 Å². The van der Waals surface area contributed by atoms with Crippen molar-refractivity contribution in [1.29, 1.82) is 0 Å². The lowest BCUT2D eigenvalue weighted by molar-refractivity contribution is 0.506. The smallest absolute Gasteiger partial charge is 0.159 e. The van der Waals surface area contributed by atoms with Crippen LogP contribution in [0.4, 0.5) is 8.78 Å². The first-order valence-corrected chi connectivity index (χ1v) is 5.54. The molecule has 0 bridgehead atoms. The molecule has 0 aliphatic heterocycles. The molecule has 1 aromatic heterocycles. The van der Waals surface area contributed by atoms with E-state index in [1.807, 2.05) is 6.92 Å². The number of halogens is 2. The number of rotatable bonds is 3. The minimum absolute atomic E-state index is 0.384. The second kappa shape index (κ2) is 5.18. The van der Waals surface area contributed by atoms with Crippen LogP contribution in [0.2, 0.25) is 0 Å². The summed E-state index contributed by atoms with van der Waals surface area (Å²) in [6.07, 6.45) is 3.61. The number of hydrogen-bond acceptors (Lipinski definition) is 3. The molecule has 0 saturated heterocycles. The van der Waals surface area contributed by atoms with Crippen molar-refractivity contribution in [3.63, 3.8) is 0 Å². The molecule has 1 unspecified atom stereocenters. The van der Waals surface area contributed by atoms with E-state index >= 15 is 0 Å². The first-order valence-electron chi connectivity index (χ1n) is 5.54. The van der Waals surface area contributed by atoms with Crippen LogP contribution in [0.1, 0.15) is 23.0 Å². The number of nitrogens with two attached hydrogens (primary N) is 1. The molecule has 0 fully saturated rings. The molecule has 0 amide bonds. The number of aryl methyl sites for hydroxylation is 1. The minimum atomic E-state index is -0.866. The third-order valence-electron chi connectivity index (χ3n) is 2.62. The van der Waals surface area contributed by atoms with Crippen molar-refractivity contribution in [2.24, 2.45) is 5.73 Å². The fraction of sp³-hybridized carbons (Fsp3) is 0.231. The molecule has 1 aromatic carbocycles. The van der Waals surface area contributed by atoms with Crippen molar-refractivity contribution in [2.75, 3.05) is 0 Å². The Kier molecular flexibility index (Phi) is 3.62. The summed E-state index contributed by atoms with van der Waals surface area (Å²) in [5, 5.41) is 0. The largest absolute Gasteiger partial charge is 0.322 e. The normalized spacial score (nSPS) is 12.4. The van der Waals surface area contributed by atoms with Crippen LogP contribution in [-0.4, -0.2) is 9.97 Å². The molecule has 5 heteroatoms. The Balaban J connectivity index is 2.13. The summed E-state index contributed by atoms with van der Waals surface area (Å²) in [5.41, 5.74) is 8.01. The van der Waals surface area contributed by atoms with E-state index in [-0.39, 0.29) is 6.04 Å². The average molecular weight is 249 g/mol. The number of nitrogens with zero attached hydrogens (tertiary/aromatic N) is 2. The van der Waals surface area contributed by atoms with Crippen molar-refractivity contribution in [2.45, 2.75) is 19.4 Å². The molecule has 0 spiro atoms. The van der Waals surface area contributed by atoms with Gasteiger partial charge in [-0.1, -0.05) is 6.07 Å². The maximum absolute atomic E-state index is 13.0. The molecule has 0 radical (unpaired) electrons. The van der Waals surface area contributed by atoms with Gasteiger partial charge in [0.1, 0.15) is 0 Å². The molecule has 0 aliphatic carbocycles. The standard InChI is InChI=1S/C13H13F2N3/c1-8-6-18-13(7-17-8)12(16)5-9-2-3-10(14)11(15)4-9/h2-4,6-7,12H,5,16H2,1H3. The molecule has 18 heavy (non-hydrogen) atoms. The highest BCUT2D eigenvalue weighted by atomic mass is 19.2. The van der Waals surface area contributed by atoms with Gasteiger partial charge >= 0.3 is 0 Å². The first-order chi connectivity index (χ1) is 8.56. The minimum Gasteiger partial charge on any atom is -0.322 e. The summed E-state index contributed by atoms with van der Waals surface area (Å²) in [6, 6.07) is 3.37. The molecule has 3 nitrogen and oxygen atoms in total. The molecule has 1 heterocycles.